The Kier molecular flexibility index (Phi) is 8.84. The van der Waals surface area contributed by atoms with Crippen molar-refractivity contribution in [1.82, 2.24) is 4.98 Å². The van der Waals surface area contributed by atoms with Gasteiger partial charge in [0, 0.05) is 22.5 Å². The first-order chi connectivity index (χ1) is 20.0. The number of nitrogens with zero attached hydrogens (tertiary/aromatic N) is 1. The van der Waals surface area contributed by atoms with Crippen molar-refractivity contribution in [1.29, 1.82) is 0 Å². The van der Waals surface area contributed by atoms with Crippen LogP contribution in [-0.4, -0.2) is 31.6 Å². The van der Waals surface area contributed by atoms with E-state index in [-0.39, 0.29) is 22.5 Å². The largest absolute Gasteiger partial charge is 0.416 e. The number of rotatable bonds is 6. The molecule has 5 rings (SSSR count). The quantitative estimate of drug-likeness (QED) is 0.329. The predicted molar refractivity (Wildman–Crippen MR) is 167 cm³/mol. The van der Waals surface area contributed by atoms with Gasteiger partial charge >= 0.3 is 6.18 Å². The zero-order chi connectivity index (χ0) is 31.4. The minimum Gasteiger partial charge on any atom is -0.410 e. The van der Waals surface area contributed by atoms with Crippen LogP contribution in [0.5, 0.6) is 0 Å². The first-order valence-electron chi connectivity index (χ1n) is 15.9. The van der Waals surface area contributed by atoms with Crippen molar-refractivity contribution >= 4 is 13.9 Å². The maximum absolute atomic E-state index is 13.4. The number of ether oxygens (including phenoxy) is 1. The maximum Gasteiger partial charge on any atom is 0.416 e. The summed E-state index contributed by atoms with van der Waals surface area (Å²) in [7, 11) is -2.21. The molecule has 1 N–H and O–H groups in total. The van der Waals surface area contributed by atoms with Crippen molar-refractivity contribution < 1.29 is 27.4 Å². The molecule has 1 aromatic carbocycles. The molecule has 0 amide bonds. The third-order valence-electron chi connectivity index (χ3n) is 10.4. The van der Waals surface area contributed by atoms with E-state index in [4.69, 9.17) is 14.1 Å². The second kappa shape index (κ2) is 11.7. The highest BCUT2D eigenvalue weighted by Crippen LogP contribution is 2.56. The summed E-state index contributed by atoms with van der Waals surface area (Å²) in [6.07, 6.45) is 3.68. The Morgan fingerprint density at radius 3 is 2.26 bits per heavy atom. The van der Waals surface area contributed by atoms with E-state index in [1.54, 1.807) is 0 Å². The van der Waals surface area contributed by atoms with Crippen LogP contribution in [0.2, 0.25) is 18.1 Å². The van der Waals surface area contributed by atoms with Gasteiger partial charge in [0.25, 0.3) is 0 Å². The van der Waals surface area contributed by atoms with Crippen LogP contribution in [0.4, 0.5) is 13.2 Å². The van der Waals surface area contributed by atoms with Gasteiger partial charge < -0.3 is 14.3 Å². The summed E-state index contributed by atoms with van der Waals surface area (Å²) < 4.78 is 53.2. The van der Waals surface area contributed by atoms with E-state index >= 15 is 0 Å². The fourth-order valence-electron chi connectivity index (χ4n) is 7.06. The highest BCUT2D eigenvalue weighted by atomic mass is 28.4. The molecular formula is C35H48F3NO3Si. The number of halogens is 3. The van der Waals surface area contributed by atoms with E-state index in [9.17, 15) is 18.3 Å². The number of hydrogen-bond acceptors (Lipinski definition) is 4. The Morgan fingerprint density at radius 1 is 1.07 bits per heavy atom. The van der Waals surface area contributed by atoms with E-state index in [2.05, 4.69) is 53.8 Å². The van der Waals surface area contributed by atoms with E-state index in [0.29, 0.717) is 30.8 Å². The average Bonchev–Trinajstić information content (AvgIpc) is 3.37. The van der Waals surface area contributed by atoms with Gasteiger partial charge in [-0.2, -0.15) is 13.2 Å². The Balaban J connectivity index is 1.76. The number of aliphatic hydroxyl groups is 1. The molecule has 0 bridgehead atoms. The Bertz CT molecular complexity index is 1350. The molecular weight excluding hydrogens is 567 g/mol. The Hall–Kier alpha value is -2.00. The van der Waals surface area contributed by atoms with Crippen LogP contribution in [0, 0.1) is 5.41 Å². The summed E-state index contributed by atoms with van der Waals surface area (Å²) in [5, 5.41) is 12.1. The topological polar surface area (TPSA) is 51.6 Å². The summed E-state index contributed by atoms with van der Waals surface area (Å²) in [5.74, 6) is 0.00445. The lowest BCUT2D eigenvalue weighted by molar-refractivity contribution is -0.137. The molecule has 236 valence electrons. The third-order valence-corrected chi connectivity index (χ3v) is 14.9. The van der Waals surface area contributed by atoms with Gasteiger partial charge in [0.1, 0.15) is 6.10 Å². The molecule has 1 aromatic heterocycles. The molecule has 1 spiro atoms. The number of pyridine rings is 1. The van der Waals surface area contributed by atoms with Crippen LogP contribution in [0.1, 0.15) is 130 Å². The van der Waals surface area contributed by atoms with Crippen LogP contribution in [0.25, 0.3) is 5.57 Å². The lowest BCUT2D eigenvalue weighted by atomic mass is 9.68. The van der Waals surface area contributed by atoms with Crippen LogP contribution in [0.3, 0.4) is 0 Å². The van der Waals surface area contributed by atoms with Crippen LogP contribution < -0.4 is 0 Å². The second-order valence-corrected chi connectivity index (χ2v) is 19.6. The number of alkyl halides is 3. The van der Waals surface area contributed by atoms with Crippen molar-refractivity contribution in [3.8, 4) is 0 Å². The van der Waals surface area contributed by atoms with E-state index in [1.807, 2.05) is 0 Å². The molecule has 1 saturated carbocycles. The molecule has 3 aliphatic rings. The van der Waals surface area contributed by atoms with E-state index in [1.165, 1.54) is 37.8 Å². The molecule has 2 atom stereocenters. The molecule has 2 aromatic rings. The fourth-order valence-corrected chi connectivity index (χ4v) is 8.33. The highest BCUT2D eigenvalue weighted by molar-refractivity contribution is 6.74. The number of fused-ring (bicyclic) bond motifs is 1. The maximum atomic E-state index is 13.4. The van der Waals surface area contributed by atoms with Crippen molar-refractivity contribution in [3.63, 3.8) is 0 Å². The van der Waals surface area contributed by atoms with Crippen molar-refractivity contribution in [2.45, 2.75) is 122 Å². The first kappa shape index (κ1) is 32.4. The summed E-state index contributed by atoms with van der Waals surface area (Å²) >= 11 is 0. The minimum absolute atomic E-state index is 0.00445. The summed E-state index contributed by atoms with van der Waals surface area (Å²) in [6.45, 7) is 16.6. The monoisotopic (exact) mass is 615 g/mol. The average molecular weight is 616 g/mol. The number of aliphatic hydroxyl groups excluding tert-OH is 1. The van der Waals surface area contributed by atoms with Crippen LogP contribution in [-0.2, 0) is 21.8 Å². The number of aromatic nitrogens is 1. The molecule has 1 unspecified atom stereocenters. The Morgan fingerprint density at radius 2 is 1.72 bits per heavy atom. The van der Waals surface area contributed by atoms with Gasteiger partial charge in [0.15, 0.2) is 8.32 Å². The van der Waals surface area contributed by atoms with Crippen molar-refractivity contribution in [2.75, 3.05) is 13.2 Å². The van der Waals surface area contributed by atoms with Gasteiger partial charge in [0.2, 0.25) is 0 Å². The smallest absolute Gasteiger partial charge is 0.410 e. The van der Waals surface area contributed by atoms with E-state index in [0.717, 1.165) is 53.1 Å². The van der Waals surface area contributed by atoms with Gasteiger partial charge in [-0.05, 0) is 90.4 Å². The van der Waals surface area contributed by atoms with Gasteiger partial charge in [-0.15, -0.1) is 0 Å². The zero-order valence-corrected chi connectivity index (χ0v) is 27.8. The van der Waals surface area contributed by atoms with Gasteiger partial charge in [-0.25, -0.2) is 0 Å². The molecule has 43 heavy (non-hydrogen) atoms. The van der Waals surface area contributed by atoms with Crippen LogP contribution in [0.15, 0.2) is 30.3 Å². The third kappa shape index (κ3) is 6.40. The van der Waals surface area contributed by atoms with Gasteiger partial charge in [0.05, 0.1) is 24.9 Å². The predicted octanol–water partition coefficient (Wildman–Crippen LogP) is 9.68. The Labute approximate surface area is 256 Å². The zero-order valence-electron chi connectivity index (χ0n) is 26.8. The molecule has 1 fully saturated rings. The number of hydrogen-bond donors (Lipinski definition) is 1. The molecule has 1 aliphatic heterocycles. The van der Waals surface area contributed by atoms with Gasteiger partial charge in [-0.1, -0.05) is 65.7 Å². The molecule has 2 heterocycles. The standard InChI is InChI=1S/C35H48F3NO3Si/c1-22(2)31-30(32(40)24-10-12-25(13-11-24)35(36,37)38)28(23-14-18-41-19-15-23)29-26(39-31)20-34(16-8-9-17-34)21-27(29)42-43(6,7)33(3,4)5/h10-14,22,27,32,40H,8-9,15-21H2,1-7H3/t27-,32?/m0/s1. The molecule has 8 heteroatoms. The fraction of sp³-hybridized carbons (Fsp3) is 0.629. The molecule has 4 nitrogen and oxygen atoms in total. The summed E-state index contributed by atoms with van der Waals surface area (Å²) in [5.41, 5.74) is 5.63. The normalized spacial score (nSPS) is 21.7. The van der Waals surface area contributed by atoms with Gasteiger partial charge in [-0.3, -0.25) is 4.98 Å². The molecule has 2 aliphatic carbocycles. The van der Waals surface area contributed by atoms with Crippen molar-refractivity contribution in [2.24, 2.45) is 5.41 Å². The summed E-state index contributed by atoms with van der Waals surface area (Å²) in [6, 6.07) is 4.91. The van der Waals surface area contributed by atoms with Crippen molar-refractivity contribution in [3.05, 3.63) is 69.5 Å². The molecule has 0 saturated heterocycles. The van der Waals surface area contributed by atoms with Crippen LogP contribution >= 0.6 is 0 Å². The summed E-state index contributed by atoms with van der Waals surface area (Å²) in [4.78, 5) is 5.37. The molecule has 0 radical (unpaired) electrons. The lowest BCUT2D eigenvalue weighted by Crippen LogP contribution is -2.44. The second-order valence-electron chi connectivity index (χ2n) is 14.8. The minimum atomic E-state index is -4.44. The SMILES string of the molecule is CC(C)c1nc2c(c(C3=CCOCC3)c1C(O)c1ccc(C(F)(F)F)cc1)[C@@H](O[Si](C)(C)C(C)(C)C)CC1(CCCC1)C2. The number of benzene rings is 1. The lowest BCUT2D eigenvalue weighted by Gasteiger charge is -2.46. The first-order valence-corrected chi connectivity index (χ1v) is 18.8. The highest BCUT2D eigenvalue weighted by Gasteiger charge is 2.48. The van der Waals surface area contributed by atoms with E-state index < -0.39 is 26.2 Å².